The van der Waals surface area contributed by atoms with E-state index in [1.807, 2.05) is 0 Å². The number of carbonyl (C=O) groups excluding carboxylic acids is 1. The van der Waals surface area contributed by atoms with Gasteiger partial charge < -0.3 is 4.74 Å². The van der Waals surface area contributed by atoms with Crippen LogP contribution in [0.15, 0.2) is 42.5 Å². The summed E-state index contributed by atoms with van der Waals surface area (Å²) < 4.78 is 31.0. The topological polar surface area (TPSA) is 26.3 Å². The van der Waals surface area contributed by atoms with Crippen LogP contribution in [0.2, 0.25) is 0 Å². The van der Waals surface area contributed by atoms with E-state index in [2.05, 4.69) is 4.74 Å². The number of halogens is 2. The van der Waals surface area contributed by atoms with Gasteiger partial charge in [-0.3, -0.25) is 0 Å². The fourth-order valence-electron chi connectivity index (χ4n) is 1.91. The van der Waals surface area contributed by atoms with Crippen LogP contribution in [-0.2, 0) is 4.74 Å². The molecule has 2 nitrogen and oxygen atoms in total. The van der Waals surface area contributed by atoms with Crippen molar-refractivity contribution in [3.63, 3.8) is 0 Å². The molecule has 0 aliphatic heterocycles. The van der Waals surface area contributed by atoms with Gasteiger partial charge in [-0.15, -0.1) is 0 Å². The highest BCUT2D eigenvalue weighted by molar-refractivity contribution is 5.89. The van der Waals surface area contributed by atoms with E-state index in [9.17, 15) is 13.6 Å². The Hall–Kier alpha value is -2.23. The Morgan fingerprint density at radius 3 is 1.90 bits per heavy atom. The summed E-state index contributed by atoms with van der Waals surface area (Å²) in [6.07, 6.45) is 0. The molecule has 0 aliphatic carbocycles. The standard InChI is InChI=1S/C16H13F2O2/c1-10(13-7-14(17)9-15(18)8-13)11-3-5-12(6-4-11)16(19)20-2/h3-9H,1-2H3. The van der Waals surface area contributed by atoms with Gasteiger partial charge in [-0.1, -0.05) is 19.1 Å². The SMILES string of the molecule is COC(=O)c1ccc([C](C)c2cc(F)cc(F)c2)cc1. The van der Waals surface area contributed by atoms with Crippen molar-refractivity contribution in [1.82, 2.24) is 0 Å². The summed E-state index contributed by atoms with van der Waals surface area (Å²) in [4.78, 5) is 11.3. The number of hydrogen-bond donors (Lipinski definition) is 0. The van der Waals surface area contributed by atoms with Gasteiger partial charge in [0.05, 0.1) is 12.7 Å². The van der Waals surface area contributed by atoms with Crippen LogP contribution in [0.25, 0.3) is 0 Å². The molecular weight excluding hydrogens is 262 g/mol. The van der Waals surface area contributed by atoms with Gasteiger partial charge in [0.15, 0.2) is 0 Å². The summed E-state index contributed by atoms with van der Waals surface area (Å²) >= 11 is 0. The molecule has 0 heterocycles. The van der Waals surface area contributed by atoms with Crippen molar-refractivity contribution < 1.29 is 18.3 Å². The highest BCUT2D eigenvalue weighted by atomic mass is 19.1. The highest BCUT2D eigenvalue weighted by Gasteiger charge is 2.13. The van der Waals surface area contributed by atoms with Crippen molar-refractivity contribution in [3.8, 4) is 0 Å². The molecule has 0 spiro atoms. The lowest BCUT2D eigenvalue weighted by molar-refractivity contribution is 0.0600. The zero-order chi connectivity index (χ0) is 14.7. The molecule has 2 rings (SSSR count). The normalized spacial score (nSPS) is 10.7. The average molecular weight is 275 g/mol. The summed E-state index contributed by atoms with van der Waals surface area (Å²) in [6.45, 7) is 1.77. The number of ether oxygens (including phenoxy) is 1. The molecule has 0 aliphatic rings. The van der Waals surface area contributed by atoms with Gasteiger partial charge in [-0.2, -0.15) is 0 Å². The van der Waals surface area contributed by atoms with E-state index in [0.29, 0.717) is 11.1 Å². The minimum atomic E-state index is -0.620. The average Bonchev–Trinajstić information content (AvgIpc) is 2.45. The molecule has 0 saturated heterocycles. The highest BCUT2D eigenvalue weighted by Crippen LogP contribution is 2.24. The van der Waals surface area contributed by atoms with Gasteiger partial charge in [0.25, 0.3) is 0 Å². The van der Waals surface area contributed by atoms with Gasteiger partial charge in [-0.25, -0.2) is 13.6 Å². The lowest BCUT2D eigenvalue weighted by Gasteiger charge is -2.12. The molecule has 0 amide bonds. The summed E-state index contributed by atoms with van der Waals surface area (Å²) in [5.74, 6) is -0.943. The summed E-state index contributed by atoms with van der Waals surface area (Å²) in [5, 5.41) is 0. The fraction of sp³-hybridized carbons (Fsp3) is 0.125. The van der Waals surface area contributed by atoms with E-state index in [1.165, 1.54) is 19.2 Å². The van der Waals surface area contributed by atoms with Crippen molar-refractivity contribution >= 4 is 5.97 Å². The molecule has 0 fully saturated rings. The van der Waals surface area contributed by atoms with Crippen LogP contribution in [0.5, 0.6) is 0 Å². The maximum atomic E-state index is 13.2. The molecular formula is C16H13F2O2. The number of esters is 1. The maximum absolute atomic E-state index is 13.2. The Kier molecular flexibility index (Phi) is 4.13. The van der Waals surface area contributed by atoms with Crippen molar-refractivity contribution in [2.45, 2.75) is 6.92 Å². The van der Waals surface area contributed by atoms with Gasteiger partial charge in [0, 0.05) is 12.0 Å². The lowest BCUT2D eigenvalue weighted by atomic mass is 9.92. The third kappa shape index (κ3) is 3.02. The predicted molar refractivity (Wildman–Crippen MR) is 71.3 cm³/mol. The van der Waals surface area contributed by atoms with Gasteiger partial charge >= 0.3 is 5.97 Å². The molecule has 1 radical (unpaired) electrons. The van der Waals surface area contributed by atoms with Crippen LogP contribution in [0.4, 0.5) is 8.78 Å². The zero-order valence-corrected chi connectivity index (χ0v) is 11.1. The Morgan fingerprint density at radius 1 is 0.900 bits per heavy atom. The molecule has 0 unspecified atom stereocenters. The zero-order valence-electron chi connectivity index (χ0n) is 11.1. The molecule has 0 saturated carbocycles. The summed E-state index contributed by atoms with van der Waals surface area (Å²) in [7, 11) is 1.31. The largest absolute Gasteiger partial charge is 0.465 e. The predicted octanol–water partition coefficient (Wildman–Crippen LogP) is 3.74. The van der Waals surface area contributed by atoms with E-state index in [0.717, 1.165) is 17.5 Å². The molecule has 0 N–H and O–H groups in total. The first-order valence-corrected chi connectivity index (χ1v) is 6.00. The third-order valence-electron chi connectivity index (χ3n) is 3.03. The number of carbonyl (C=O) groups is 1. The number of benzene rings is 2. The smallest absolute Gasteiger partial charge is 0.337 e. The Balaban J connectivity index is 2.28. The van der Waals surface area contributed by atoms with Crippen LogP contribution in [0.1, 0.15) is 28.4 Å². The lowest BCUT2D eigenvalue weighted by Crippen LogP contribution is -2.03. The first kappa shape index (κ1) is 14.2. The second kappa shape index (κ2) is 5.82. The second-order valence-electron chi connectivity index (χ2n) is 4.35. The molecule has 4 heteroatoms. The first-order chi connectivity index (χ1) is 9.51. The molecule has 2 aromatic carbocycles. The molecule has 0 bridgehead atoms. The van der Waals surface area contributed by atoms with Crippen molar-refractivity contribution in [2.24, 2.45) is 0 Å². The minimum absolute atomic E-state index is 0.425. The van der Waals surface area contributed by atoms with Crippen molar-refractivity contribution in [3.05, 3.63) is 76.7 Å². The quantitative estimate of drug-likeness (QED) is 0.798. The molecule has 20 heavy (non-hydrogen) atoms. The number of hydrogen-bond acceptors (Lipinski definition) is 2. The maximum Gasteiger partial charge on any atom is 0.337 e. The van der Waals surface area contributed by atoms with Crippen LogP contribution in [0.3, 0.4) is 0 Å². The van der Waals surface area contributed by atoms with Crippen LogP contribution < -0.4 is 0 Å². The van der Waals surface area contributed by atoms with E-state index in [-0.39, 0.29) is 0 Å². The van der Waals surface area contributed by atoms with Gasteiger partial charge in [-0.05, 0) is 35.4 Å². The van der Waals surface area contributed by atoms with E-state index >= 15 is 0 Å². The van der Waals surface area contributed by atoms with Crippen LogP contribution in [-0.4, -0.2) is 13.1 Å². The van der Waals surface area contributed by atoms with Crippen molar-refractivity contribution in [2.75, 3.05) is 7.11 Å². The monoisotopic (exact) mass is 275 g/mol. The Bertz CT molecular complexity index is 601. The molecule has 103 valence electrons. The molecule has 0 atom stereocenters. The summed E-state index contributed by atoms with van der Waals surface area (Å²) in [6, 6.07) is 10.0. The van der Waals surface area contributed by atoms with Crippen LogP contribution in [0, 0.1) is 17.6 Å². The van der Waals surface area contributed by atoms with E-state index in [4.69, 9.17) is 0 Å². The first-order valence-electron chi connectivity index (χ1n) is 6.00. The number of rotatable bonds is 3. The summed E-state index contributed by atoms with van der Waals surface area (Å²) in [5.41, 5.74) is 1.67. The second-order valence-corrected chi connectivity index (χ2v) is 4.35. The molecule has 0 aromatic heterocycles. The van der Waals surface area contributed by atoms with Gasteiger partial charge in [0.1, 0.15) is 11.6 Å². The van der Waals surface area contributed by atoms with Crippen LogP contribution >= 0.6 is 0 Å². The Morgan fingerprint density at radius 2 is 1.40 bits per heavy atom. The Labute approximate surface area is 116 Å². The van der Waals surface area contributed by atoms with E-state index < -0.39 is 17.6 Å². The third-order valence-corrected chi connectivity index (χ3v) is 3.03. The van der Waals surface area contributed by atoms with Gasteiger partial charge in [0.2, 0.25) is 0 Å². The van der Waals surface area contributed by atoms with E-state index in [1.54, 1.807) is 31.2 Å². The molecule has 2 aromatic rings. The minimum Gasteiger partial charge on any atom is -0.465 e. The van der Waals surface area contributed by atoms with Crippen molar-refractivity contribution in [1.29, 1.82) is 0 Å². The fourth-order valence-corrected chi connectivity index (χ4v) is 1.91. The number of methoxy groups -OCH3 is 1.